The number of halogens is 1. The first-order valence-electron chi connectivity index (χ1n) is 11.8. The number of hydrogen-bond acceptors (Lipinski definition) is 4. The summed E-state index contributed by atoms with van der Waals surface area (Å²) in [5, 5.41) is 0. The normalized spacial score (nSPS) is 21.8. The van der Waals surface area contributed by atoms with Gasteiger partial charge in [0.15, 0.2) is 0 Å². The van der Waals surface area contributed by atoms with Crippen molar-refractivity contribution in [2.45, 2.75) is 57.4 Å². The van der Waals surface area contributed by atoms with Crippen LogP contribution in [-0.2, 0) is 0 Å². The first-order valence-corrected chi connectivity index (χ1v) is 11.8. The molecule has 2 atom stereocenters. The van der Waals surface area contributed by atoms with Gasteiger partial charge in [-0.25, -0.2) is 4.39 Å². The quantitative estimate of drug-likeness (QED) is 0.585. The molecule has 0 unspecified atom stereocenters. The van der Waals surface area contributed by atoms with Gasteiger partial charge in [-0.05, 0) is 80.0 Å². The van der Waals surface area contributed by atoms with E-state index in [2.05, 4.69) is 30.0 Å². The summed E-state index contributed by atoms with van der Waals surface area (Å²) >= 11 is 0. The summed E-state index contributed by atoms with van der Waals surface area (Å²) in [7, 11) is 0. The SMILES string of the molecule is CCOc1cc([C@@H]2C[C@H](c3ccc(OCCN)cc3)N(CC)C2)cc(F)c1C1CCC1. The predicted octanol–water partition coefficient (Wildman–Crippen LogP) is 5.38. The molecule has 1 aliphatic heterocycles. The summed E-state index contributed by atoms with van der Waals surface area (Å²) in [5.74, 6) is 2.14. The minimum Gasteiger partial charge on any atom is -0.493 e. The number of nitrogens with zero attached hydrogens (tertiary/aromatic N) is 1. The van der Waals surface area contributed by atoms with Gasteiger partial charge >= 0.3 is 0 Å². The van der Waals surface area contributed by atoms with Crippen molar-refractivity contribution >= 4 is 0 Å². The third-order valence-electron chi connectivity index (χ3n) is 6.86. The summed E-state index contributed by atoms with van der Waals surface area (Å²) < 4.78 is 26.7. The average molecular weight is 427 g/mol. The molecule has 0 spiro atoms. The van der Waals surface area contributed by atoms with Gasteiger partial charge in [0.25, 0.3) is 0 Å². The van der Waals surface area contributed by atoms with Crippen LogP contribution in [0.1, 0.15) is 74.1 Å². The van der Waals surface area contributed by atoms with Crippen molar-refractivity contribution in [1.82, 2.24) is 4.90 Å². The summed E-state index contributed by atoms with van der Waals surface area (Å²) in [6, 6.07) is 12.6. The van der Waals surface area contributed by atoms with E-state index in [1.54, 1.807) is 6.07 Å². The van der Waals surface area contributed by atoms with Crippen molar-refractivity contribution in [2.24, 2.45) is 5.73 Å². The highest BCUT2D eigenvalue weighted by Gasteiger charge is 2.35. The van der Waals surface area contributed by atoms with E-state index in [0.717, 1.165) is 55.0 Å². The molecule has 2 fully saturated rings. The molecule has 2 N–H and O–H groups in total. The van der Waals surface area contributed by atoms with Crippen LogP contribution in [-0.4, -0.2) is 37.7 Å². The maximum Gasteiger partial charge on any atom is 0.130 e. The molecular weight excluding hydrogens is 391 g/mol. The van der Waals surface area contributed by atoms with Crippen molar-refractivity contribution in [3.63, 3.8) is 0 Å². The van der Waals surface area contributed by atoms with Gasteiger partial charge in [0.1, 0.15) is 23.9 Å². The van der Waals surface area contributed by atoms with E-state index in [1.807, 2.05) is 19.1 Å². The Kier molecular flexibility index (Phi) is 7.13. The number of likely N-dealkylation sites (N-methyl/N-ethyl adjacent to an activating group) is 1. The number of likely N-dealkylation sites (tertiary alicyclic amines) is 1. The molecule has 0 radical (unpaired) electrons. The number of nitrogens with two attached hydrogens (primary N) is 1. The maximum absolute atomic E-state index is 15.2. The van der Waals surface area contributed by atoms with E-state index in [0.29, 0.717) is 37.6 Å². The van der Waals surface area contributed by atoms with E-state index in [9.17, 15) is 0 Å². The van der Waals surface area contributed by atoms with Gasteiger partial charge < -0.3 is 15.2 Å². The van der Waals surface area contributed by atoms with Gasteiger partial charge in [0.2, 0.25) is 0 Å². The molecule has 0 aromatic heterocycles. The Bertz CT molecular complexity index is 866. The maximum atomic E-state index is 15.2. The molecule has 0 bridgehead atoms. The van der Waals surface area contributed by atoms with Crippen LogP contribution in [0.25, 0.3) is 0 Å². The summed E-state index contributed by atoms with van der Waals surface area (Å²) in [4.78, 5) is 2.48. The summed E-state index contributed by atoms with van der Waals surface area (Å²) in [6.45, 7) is 7.66. The number of rotatable bonds is 9. The standard InChI is InChI=1S/C26H35FN2O2/c1-3-29-17-21(15-24(29)18-8-10-22(11-9-18)31-13-12-28)20-14-23(27)26(19-6-5-7-19)25(16-20)30-4-2/h8-11,14,16,19,21,24H,3-7,12-13,15,17,28H2,1-2H3/t21-,24-/m1/s1. The van der Waals surface area contributed by atoms with Gasteiger partial charge in [-0.1, -0.05) is 25.5 Å². The molecule has 2 aromatic carbocycles. The molecule has 1 aliphatic carbocycles. The lowest BCUT2D eigenvalue weighted by molar-refractivity contribution is 0.270. The molecule has 31 heavy (non-hydrogen) atoms. The number of hydrogen-bond donors (Lipinski definition) is 1. The predicted molar refractivity (Wildman–Crippen MR) is 122 cm³/mol. The smallest absolute Gasteiger partial charge is 0.130 e. The Morgan fingerprint density at radius 1 is 1.03 bits per heavy atom. The second kappa shape index (κ2) is 10.0. The van der Waals surface area contributed by atoms with Crippen molar-refractivity contribution < 1.29 is 13.9 Å². The zero-order valence-corrected chi connectivity index (χ0v) is 18.8. The Morgan fingerprint density at radius 2 is 1.81 bits per heavy atom. The molecular formula is C26H35FN2O2. The Labute approximate surface area is 185 Å². The molecule has 2 aliphatic rings. The highest BCUT2D eigenvalue weighted by Crippen LogP contribution is 2.46. The van der Waals surface area contributed by atoms with Crippen molar-refractivity contribution in [1.29, 1.82) is 0 Å². The second-order valence-corrected chi connectivity index (χ2v) is 8.72. The highest BCUT2D eigenvalue weighted by atomic mass is 19.1. The van der Waals surface area contributed by atoms with Gasteiger partial charge in [-0.3, -0.25) is 4.90 Å². The fourth-order valence-corrected chi connectivity index (χ4v) is 5.02. The zero-order chi connectivity index (χ0) is 21.8. The molecule has 4 rings (SSSR count). The van der Waals surface area contributed by atoms with Crippen LogP contribution < -0.4 is 15.2 Å². The zero-order valence-electron chi connectivity index (χ0n) is 18.8. The van der Waals surface area contributed by atoms with Crippen LogP contribution in [0.15, 0.2) is 36.4 Å². The van der Waals surface area contributed by atoms with E-state index < -0.39 is 0 Å². The second-order valence-electron chi connectivity index (χ2n) is 8.72. The first-order chi connectivity index (χ1) is 15.1. The van der Waals surface area contributed by atoms with Crippen molar-refractivity contribution in [3.05, 3.63) is 58.9 Å². The lowest BCUT2D eigenvalue weighted by Gasteiger charge is -2.28. The molecule has 5 heteroatoms. The van der Waals surface area contributed by atoms with E-state index in [-0.39, 0.29) is 5.82 Å². The van der Waals surface area contributed by atoms with Crippen LogP contribution in [0.3, 0.4) is 0 Å². The number of benzene rings is 2. The van der Waals surface area contributed by atoms with E-state index in [4.69, 9.17) is 15.2 Å². The lowest BCUT2D eigenvalue weighted by atomic mass is 9.78. The summed E-state index contributed by atoms with van der Waals surface area (Å²) in [6.07, 6.45) is 4.29. The number of ether oxygens (including phenoxy) is 2. The molecule has 1 saturated carbocycles. The van der Waals surface area contributed by atoms with Crippen LogP contribution in [0.4, 0.5) is 4.39 Å². The molecule has 2 aromatic rings. The van der Waals surface area contributed by atoms with Gasteiger partial charge in [0, 0.05) is 24.7 Å². The largest absolute Gasteiger partial charge is 0.493 e. The minimum absolute atomic E-state index is 0.0847. The molecule has 1 saturated heterocycles. The molecule has 0 amide bonds. The lowest BCUT2D eigenvalue weighted by Crippen LogP contribution is -2.23. The Balaban J connectivity index is 1.55. The average Bonchev–Trinajstić information content (AvgIpc) is 3.18. The van der Waals surface area contributed by atoms with Crippen LogP contribution >= 0.6 is 0 Å². The van der Waals surface area contributed by atoms with Crippen molar-refractivity contribution in [2.75, 3.05) is 32.8 Å². The van der Waals surface area contributed by atoms with E-state index in [1.165, 1.54) is 12.0 Å². The Morgan fingerprint density at radius 3 is 2.42 bits per heavy atom. The van der Waals surface area contributed by atoms with Gasteiger partial charge in [0.05, 0.1) is 6.61 Å². The van der Waals surface area contributed by atoms with Crippen LogP contribution in [0, 0.1) is 5.82 Å². The third-order valence-corrected chi connectivity index (χ3v) is 6.86. The third kappa shape index (κ3) is 4.73. The fourth-order valence-electron chi connectivity index (χ4n) is 5.02. The molecule has 168 valence electrons. The monoisotopic (exact) mass is 426 g/mol. The first kappa shape index (κ1) is 22.1. The molecule has 1 heterocycles. The van der Waals surface area contributed by atoms with Gasteiger partial charge in [-0.2, -0.15) is 0 Å². The highest BCUT2D eigenvalue weighted by molar-refractivity contribution is 5.44. The summed E-state index contributed by atoms with van der Waals surface area (Å²) in [5.41, 5.74) is 8.66. The van der Waals surface area contributed by atoms with Crippen LogP contribution in [0.5, 0.6) is 11.5 Å². The van der Waals surface area contributed by atoms with Crippen molar-refractivity contribution in [3.8, 4) is 11.5 Å². The fraction of sp³-hybridized carbons (Fsp3) is 0.538. The van der Waals surface area contributed by atoms with E-state index >= 15 is 4.39 Å². The van der Waals surface area contributed by atoms with Gasteiger partial charge in [-0.15, -0.1) is 0 Å². The van der Waals surface area contributed by atoms with Crippen LogP contribution in [0.2, 0.25) is 0 Å². The Hall–Kier alpha value is -2.11. The topological polar surface area (TPSA) is 47.7 Å². The molecule has 4 nitrogen and oxygen atoms in total. The minimum atomic E-state index is -0.0847.